The Morgan fingerprint density at radius 1 is 1.14 bits per heavy atom. The maximum absolute atomic E-state index is 12.8. The molecule has 0 bridgehead atoms. The van der Waals surface area contributed by atoms with Crippen LogP contribution in [-0.4, -0.2) is 74.7 Å². The number of anilines is 1. The minimum Gasteiger partial charge on any atom is -0.450 e. The number of benzene rings is 1. The summed E-state index contributed by atoms with van der Waals surface area (Å²) in [5.41, 5.74) is 0.468. The highest BCUT2D eigenvalue weighted by Gasteiger charge is 2.42. The maximum Gasteiger partial charge on any atom is 0.409 e. The number of carbonyl (C=O) groups excluding carboxylic acids is 3. The van der Waals surface area contributed by atoms with Gasteiger partial charge in [-0.15, -0.1) is 0 Å². The average molecular weight is 409 g/mol. The minimum atomic E-state index is -3.73. The van der Waals surface area contributed by atoms with E-state index in [9.17, 15) is 22.8 Å². The lowest BCUT2D eigenvalue weighted by atomic mass is 10.1. The van der Waals surface area contributed by atoms with Gasteiger partial charge in [0.25, 0.3) is 5.91 Å². The molecular weight excluding hydrogens is 386 g/mol. The van der Waals surface area contributed by atoms with Crippen molar-refractivity contribution >= 4 is 33.6 Å². The Labute approximate surface area is 163 Å². The topological polar surface area (TPSA) is 104 Å². The first-order valence-corrected chi connectivity index (χ1v) is 10.7. The van der Waals surface area contributed by atoms with Gasteiger partial charge in [0, 0.05) is 31.7 Å². The van der Waals surface area contributed by atoms with Gasteiger partial charge in [-0.3, -0.25) is 9.59 Å². The molecule has 2 aliphatic rings. The Bertz CT molecular complexity index is 892. The molecule has 2 aliphatic heterocycles. The maximum atomic E-state index is 12.8. The van der Waals surface area contributed by atoms with Crippen molar-refractivity contribution in [3.63, 3.8) is 0 Å². The van der Waals surface area contributed by atoms with E-state index >= 15 is 0 Å². The second-order valence-corrected chi connectivity index (χ2v) is 8.67. The van der Waals surface area contributed by atoms with Crippen LogP contribution in [0.4, 0.5) is 10.5 Å². The Kier molecular flexibility index (Phi) is 5.59. The number of ether oxygens (including phenoxy) is 1. The Morgan fingerprint density at radius 3 is 2.36 bits per heavy atom. The van der Waals surface area contributed by atoms with Gasteiger partial charge in [-0.2, -0.15) is 0 Å². The number of sulfonamides is 1. The molecule has 0 radical (unpaired) electrons. The van der Waals surface area contributed by atoms with Crippen LogP contribution in [0.5, 0.6) is 0 Å². The normalized spacial score (nSPS) is 21.7. The summed E-state index contributed by atoms with van der Waals surface area (Å²) in [5.74, 6) is -1.62. The van der Waals surface area contributed by atoms with E-state index in [1.807, 2.05) is 0 Å². The van der Waals surface area contributed by atoms with Crippen molar-refractivity contribution in [1.29, 1.82) is 0 Å². The summed E-state index contributed by atoms with van der Waals surface area (Å²) >= 11 is 0. The minimum absolute atomic E-state index is 0.172. The zero-order chi connectivity index (χ0) is 20.5. The predicted octanol–water partition coefficient (Wildman–Crippen LogP) is 0.913. The summed E-state index contributed by atoms with van der Waals surface area (Å²) < 4.78 is 30.3. The Hall–Kier alpha value is -2.62. The molecule has 1 atom stereocenters. The first-order chi connectivity index (χ1) is 13.2. The fourth-order valence-corrected chi connectivity index (χ4v) is 5.15. The van der Waals surface area contributed by atoms with Crippen LogP contribution in [0.25, 0.3) is 0 Å². The molecular formula is C18H23N3O6S. The quantitative estimate of drug-likeness (QED) is 0.735. The highest BCUT2D eigenvalue weighted by atomic mass is 32.2. The van der Waals surface area contributed by atoms with Crippen LogP contribution in [0, 0.1) is 5.92 Å². The largest absolute Gasteiger partial charge is 0.450 e. The molecule has 0 spiro atoms. The van der Waals surface area contributed by atoms with Crippen LogP contribution in [-0.2, 0) is 19.6 Å². The zero-order valence-electron chi connectivity index (χ0n) is 15.8. The van der Waals surface area contributed by atoms with E-state index in [-0.39, 0.29) is 17.3 Å². The third-order valence-corrected chi connectivity index (χ3v) is 6.65. The molecule has 0 aliphatic carbocycles. The molecule has 0 aromatic heterocycles. The summed E-state index contributed by atoms with van der Waals surface area (Å²) in [5, 5.41) is 0. The van der Waals surface area contributed by atoms with Crippen LogP contribution in [0.1, 0.15) is 24.2 Å². The van der Waals surface area contributed by atoms with Crippen LogP contribution in [0.3, 0.4) is 0 Å². The van der Waals surface area contributed by atoms with E-state index in [4.69, 9.17) is 4.74 Å². The SMILES string of the molecule is CCOC(=O)N1CCN(C(=O)c2cccc(N3C(=O)[C@@H](C)CS3(=O)=O)c2)CC1. The molecule has 10 heteroatoms. The third kappa shape index (κ3) is 3.82. The number of piperazine rings is 1. The molecule has 2 fully saturated rings. The highest BCUT2D eigenvalue weighted by Crippen LogP contribution is 2.29. The number of carbonyl (C=O) groups is 3. The Balaban J connectivity index is 1.74. The van der Waals surface area contributed by atoms with E-state index in [1.54, 1.807) is 35.8 Å². The molecule has 0 unspecified atom stereocenters. The molecule has 3 amide bonds. The number of hydrogen-bond donors (Lipinski definition) is 0. The van der Waals surface area contributed by atoms with E-state index < -0.39 is 27.9 Å². The van der Waals surface area contributed by atoms with Crippen LogP contribution in [0.2, 0.25) is 0 Å². The molecule has 1 aromatic carbocycles. The number of rotatable bonds is 3. The van der Waals surface area contributed by atoms with E-state index in [0.29, 0.717) is 38.3 Å². The predicted molar refractivity (Wildman–Crippen MR) is 101 cm³/mol. The van der Waals surface area contributed by atoms with Gasteiger partial charge in [0.1, 0.15) is 0 Å². The fraction of sp³-hybridized carbons (Fsp3) is 0.500. The number of amides is 3. The lowest BCUT2D eigenvalue weighted by molar-refractivity contribution is -0.119. The molecule has 3 rings (SSSR count). The first-order valence-electron chi connectivity index (χ1n) is 9.12. The number of hydrogen-bond acceptors (Lipinski definition) is 6. The van der Waals surface area contributed by atoms with Gasteiger partial charge in [-0.05, 0) is 25.1 Å². The summed E-state index contributed by atoms with van der Waals surface area (Å²) in [7, 11) is -3.73. The monoisotopic (exact) mass is 409 g/mol. The second-order valence-electron chi connectivity index (χ2n) is 6.81. The van der Waals surface area contributed by atoms with Gasteiger partial charge in [-0.25, -0.2) is 17.5 Å². The highest BCUT2D eigenvalue weighted by molar-refractivity contribution is 7.94. The van der Waals surface area contributed by atoms with Crippen molar-refractivity contribution in [2.24, 2.45) is 5.92 Å². The molecule has 28 heavy (non-hydrogen) atoms. The van der Waals surface area contributed by atoms with Gasteiger partial charge in [0.15, 0.2) is 0 Å². The molecule has 1 aromatic rings. The molecule has 2 saturated heterocycles. The van der Waals surface area contributed by atoms with Gasteiger partial charge in [-0.1, -0.05) is 13.0 Å². The molecule has 0 N–H and O–H groups in total. The van der Waals surface area contributed by atoms with Gasteiger partial charge in [0.05, 0.1) is 24.0 Å². The van der Waals surface area contributed by atoms with Gasteiger partial charge in [0.2, 0.25) is 15.9 Å². The lowest BCUT2D eigenvalue weighted by Crippen LogP contribution is -2.50. The molecule has 9 nitrogen and oxygen atoms in total. The lowest BCUT2D eigenvalue weighted by Gasteiger charge is -2.34. The molecule has 2 heterocycles. The van der Waals surface area contributed by atoms with Crippen molar-refractivity contribution in [3.8, 4) is 0 Å². The summed E-state index contributed by atoms with van der Waals surface area (Å²) in [6.07, 6.45) is -0.400. The fourth-order valence-electron chi connectivity index (χ4n) is 3.34. The standard InChI is InChI=1S/C18H23N3O6S/c1-3-27-18(24)20-9-7-19(8-10-20)17(23)14-5-4-6-15(11-14)21-16(22)13(2)12-28(21,25)26/h4-6,11,13H,3,7-10,12H2,1-2H3/t13-/m0/s1. The van der Waals surface area contributed by atoms with Gasteiger partial charge < -0.3 is 14.5 Å². The van der Waals surface area contributed by atoms with Crippen molar-refractivity contribution in [3.05, 3.63) is 29.8 Å². The smallest absolute Gasteiger partial charge is 0.409 e. The van der Waals surface area contributed by atoms with Crippen LogP contribution < -0.4 is 4.31 Å². The van der Waals surface area contributed by atoms with Crippen molar-refractivity contribution < 1.29 is 27.5 Å². The van der Waals surface area contributed by atoms with Crippen molar-refractivity contribution in [2.45, 2.75) is 13.8 Å². The second kappa shape index (κ2) is 7.78. The van der Waals surface area contributed by atoms with E-state index in [0.717, 1.165) is 4.31 Å². The number of nitrogens with zero attached hydrogens (tertiary/aromatic N) is 3. The van der Waals surface area contributed by atoms with Crippen molar-refractivity contribution in [2.75, 3.05) is 42.8 Å². The van der Waals surface area contributed by atoms with Crippen LogP contribution >= 0.6 is 0 Å². The summed E-state index contributed by atoms with van der Waals surface area (Å²) in [6, 6.07) is 6.07. The zero-order valence-corrected chi connectivity index (χ0v) is 16.6. The molecule has 152 valence electrons. The van der Waals surface area contributed by atoms with Gasteiger partial charge >= 0.3 is 6.09 Å². The van der Waals surface area contributed by atoms with Crippen LogP contribution in [0.15, 0.2) is 24.3 Å². The summed E-state index contributed by atoms with van der Waals surface area (Å²) in [4.78, 5) is 40.0. The van der Waals surface area contributed by atoms with E-state index in [2.05, 4.69) is 0 Å². The van der Waals surface area contributed by atoms with E-state index in [1.165, 1.54) is 12.1 Å². The Morgan fingerprint density at radius 2 is 1.79 bits per heavy atom. The van der Waals surface area contributed by atoms with Crippen molar-refractivity contribution in [1.82, 2.24) is 9.80 Å². The summed E-state index contributed by atoms with van der Waals surface area (Å²) in [6.45, 7) is 5.01. The average Bonchev–Trinajstić information content (AvgIpc) is 2.88. The third-order valence-electron chi connectivity index (χ3n) is 4.78. The first kappa shape index (κ1) is 20.1. The molecule has 0 saturated carbocycles.